The first-order chi connectivity index (χ1) is 13.2. The van der Waals surface area contributed by atoms with E-state index in [1.807, 2.05) is 24.6 Å². The summed E-state index contributed by atoms with van der Waals surface area (Å²) in [5.74, 6) is 2.06. The number of nitrogens with zero attached hydrogens (tertiary/aromatic N) is 5. The lowest BCUT2D eigenvalue weighted by Crippen LogP contribution is -2.14. The van der Waals surface area contributed by atoms with E-state index in [9.17, 15) is 4.79 Å². The van der Waals surface area contributed by atoms with Crippen LogP contribution in [0.15, 0.2) is 35.5 Å². The van der Waals surface area contributed by atoms with Crippen molar-refractivity contribution in [3.8, 4) is 0 Å². The number of aryl methyl sites for hydroxylation is 1. The SMILES string of the molecule is CCc1nnc(NC(=O)CSc2nnc(C3CC3c3ccccc3)n2C)s1. The number of hydrogen-bond acceptors (Lipinski definition) is 7. The second kappa shape index (κ2) is 7.77. The molecule has 1 N–H and O–H groups in total. The van der Waals surface area contributed by atoms with Crippen molar-refractivity contribution in [3.05, 3.63) is 46.7 Å². The number of thioether (sulfide) groups is 1. The Hall–Kier alpha value is -2.26. The van der Waals surface area contributed by atoms with E-state index in [1.165, 1.54) is 28.7 Å². The van der Waals surface area contributed by atoms with Crippen LogP contribution < -0.4 is 5.32 Å². The first-order valence-corrected chi connectivity index (χ1v) is 10.6. The van der Waals surface area contributed by atoms with Gasteiger partial charge in [0.05, 0.1) is 5.75 Å². The monoisotopic (exact) mass is 400 g/mol. The van der Waals surface area contributed by atoms with Crippen LogP contribution in [0.3, 0.4) is 0 Å². The number of benzene rings is 1. The summed E-state index contributed by atoms with van der Waals surface area (Å²) < 4.78 is 2.01. The summed E-state index contributed by atoms with van der Waals surface area (Å²) in [6.07, 6.45) is 1.91. The van der Waals surface area contributed by atoms with Gasteiger partial charge in [-0.1, -0.05) is 60.4 Å². The van der Waals surface area contributed by atoms with Crippen LogP contribution in [0.4, 0.5) is 5.13 Å². The predicted octanol–water partition coefficient (Wildman–Crippen LogP) is 3.23. The molecule has 0 aliphatic heterocycles. The van der Waals surface area contributed by atoms with Crippen LogP contribution in [0.2, 0.25) is 0 Å². The van der Waals surface area contributed by atoms with Gasteiger partial charge in [-0.3, -0.25) is 10.1 Å². The fourth-order valence-corrected chi connectivity index (χ4v) is 4.47. The molecule has 7 nitrogen and oxygen atoms in total. The average molecular weight is 401 g/mol. The molecule has 1 fully saturated rings. The van der Waals surface area contributed by atoms with Gasteiger partial charge in [0.25, 0.3) is 0 Å². The number of hydrogen-bond donors (Lipinski definition) is 1. The maximum Gasteiger partial charge on any atom is 0.236 e. The topological polar surface area (TPSA) is 85.6 Å². The van der Waals surface area contributed by atoms with Crippen LogP contribution in [0, 0.1) is 0 Å². The lowest BCUT2D eigenvalue weighted by molar-refractivity contribution is -0.113. The molecule has 4 rings (SSSR count). The van der Waals surface area contributed by atoms with Gasteiger partial charge in [0.15, 0.2) is 5.16 Å². The van der Waals surface area contributed by atoms with Crippen molar-refractivity contribution in [2.75, 3.05) is 11.1 Å². The van der Waals surface area contributed by atoms with E-state index < -0.39 is 0 Å². The Labute approximate surface area is 165 Å². The summed E-state index contributed by atoms with van der Waals surface area (Å²) in [5, 5.41) is 21.6. The molecular weight excluding hydrogens is 380 g/mol. The van der Waals surface area contributed by atoms with Crippen LogP contribution >= 0.6 is 23.1 Å². The van der Waals surface area contributed by atoms with E-state index in [2.05, 4.69) is 50.0 Å². The summed E-state index contributed by atoms with van der Waals surface area (Å²) in [6.45, 7) is 2.01. The van der Waals surface area contributed by atoms with Crippen molar-refractivity contribution in [1.29, 1.82) is 0 Å². The molecule has 0 radical (unpaired) electrons. The molecule has 0 saturated heterocycles. The standard InChI is InChI=1S/C18H20N6OS2/c1-3-15-20-22-17(27-15)19-14(25)10-26-18-23-21-16(24(18)2)13-9-12(13)11-7-5-4-6-8-11/h4-8,12-13H,3,9-10H2,1-2H3,(H,19,22,25). The molecule has 140 valence electrons. The zero-order chi connectivity index (χ0) is 18.8. The molecule has 9 heteroatoms. The van der Waals surface area contributed by atoms with Crippen LogP contribution in [0.5, 0.6) is 0 Å². The predicted molar refractivity (Wildman–Crippen MR) is 106 cm³/mol. The molecule has 2 atom stereocenters. The van der Waals surface area contributed by atoms with Crippen molar-refractivity contribution in [2.24, 2.45) is 7.05 Å². The van der Waals surface area contributed by atoms with Crippen molar-refractivity contribution >= 4 is 34.1 Å². The normalized spacial score (nSPS) is 18.4. The Morgan fingerprint density at radius 2 is 2.04 bits per heavy atom. The van der Waals surface area contributed by atoms with E-state index >= 15 is 0 Å². The number of anilines is 1. The first-order valence-electron chi connectivity index (χ1n) is 8.85. The van der Waals surface area contributed by atoms with Gasteiger partial charge >= 0.3 is 0 Å². The summed E-state index contributed by atoms with van der Waals surface area (Å²) in [6, 6.07) is 10.5. The number of amides is 1. The van der Waals surface area contributed by atoms with E-state index in [4.69, 9.17) is 0 Å². The van der Waals surface area contributed by atoms with Gasteiger partial charge in [-0.25, -0.2) is 0 Å². The van der Waals surface area contributed by atoms with Gasteiger partial charge in [0.2, 0.25) is 11.0 Å². The third-order valence-corrected chi connectivity index (χ3v) is 6.57. The quantitative estimate of drug-likeness (QED) is 0.613. The molecule has 0 spiro atoms. The average Bonchev–Trinajstić information content (AvgIpc) is 3.20. The third-order valence-electron chi connectivity index (χ3n) is 4.57. The fraction of sp³-hybridized carbons (Fsp3) is 0.389. The van der Waals surface area contributed by atoms with Crippen molar-refractivity contribution in [2.45, 2.75) is 36.8 Å². The third kappa shape index (κ3) is 4.03. The van der Waals surface area contributed by atoms with Crippen LogP contribution in [-0.2, 0) is 18.3 Å². The molecule has 0 bridgehead atoms. The number of carbonyl (C=O) groups excluding carboxylic acids is 1. The second-order valence-corrected chi connectivity index (χ2v) is 8.46. The minimum Gasteiger partial charge on any atom is -0.309 e. The number of rotatable bonds is 7. The Kier molecular flexibility index (Phi) is 5.22. The van der Waals surface area contributed by atoms with Crippen LogP contribution in [0.1, 0.15) is 41.6 Å². The number of nitrogens with one attached hydrogen (secondary N) is 1. The molecule has 2 aromatic heterocycles. The summed E-state index contributed by atoms with van der Waals surface area (Å²) in [4.78, 5) is 12.1. The van der Waals surface area contributed by atoms with Crippen molar-refractivity contribution in [3.63, 3.8) is 0 Å². The van der Waals surface area contributed by atoms with Gasteiger partial charge in [0.1, 0.15) is 10.8 Å². The second-order valence-electron chi connectivity index (χ2n) is 6.45. The maximum atomic E-state index is 12.1. The Bertz CT molecular complexity index is 938. The summed E-state index contributed by atoms with van der Waals surface area (Å²) in [5.41, 5.74) is 1.35. The molecule has 1 aliphatic rings. The molecular formula is C18H20N6OS2. The highest BCUT2D eigenvalue weighted by atomic mass is 32.2. The summed E-state index contributed by atoms with van der Waals surface area (Å²) >= 11 is 2.79. The van der Waals surface area contributed by atoms with Gasteiger partial charge in [0, 0.05) is 13.0 Å². The lowest BCUT2D eigenvalue weighted by Gasteiger charge is -2.04. The smallest absolute Gasteiger partial charge is 0.236 e. The number of aromatic nitrogens is 5. The van der Waals surface area contributed by atoms with E-state index in [0.717, 1.165) is 28.8 Å². The van der Waals surface area contributed by atoms with Gasteiger partial charge in [-0.2, -0.15) is 0 Å². The highest BCUT2D eigenvalue weighted by Crippen LogP contribution is 2.54. The molecule has 2 heterocycles. The maximum absolute atomic E-state index is 12.1. The molecule has 1 aromatic carbocycles. The number of carbonyl (C=O) groups is 1. The largest absolute Gasteiger partial charge is 0.309 e. The van der Waals surface area contributed by atoms with E-state index in [-0.39, 0.29) is 11.7 Å². The molecule has 1 amide bonds. The molecule has 3 aromatic rings. The Morgan fingerprint density at radius 1 is 1.22 bits per heavy atom. The van der Waals surface area contributed by atoms with Gasteiger partial charge in [-0.15, -0.1) is 20.4 Å². The first kappa shape index (κ1) is 18.1. The van der Waals surface area contributed by atoms with E-state index in [1.54, 1.807) is 0 Å². The van der Waals surface area contributed by atoms with Crippen LogP contribution in [-0.4, -0.2) is 36.6 Å². The Balaban J connectivity index is 1.33. The highest BCUT2D eigenvalue weighted by molar-refractivity contribution is 7.99. The van der Waals surface area contributed by atoms with E-state index in [0.29, 0.717) is 17.0 Å². The van der Waals surface area contributed by atoms with Gasteiger partial charge in [-0.05, 0) is 24.3 Å². The Morgan fingerprint density at radius 3 is 2.78 bits per heavy atom. The van der Waals surface area contributed by atoms with Gasteiger partial charge < -0.3 is 4.57 Å². The molecule has 2 unspecified atom stereocenters. The minimum absolute atomic E-state index is 0.114. The zero-order valence-electron chi connectivity index (χ0n) is 15.1. The zero-order valence-corrected chi connectivity index (χ0v) is 16.8. The van der Waals surface area contributed by atoms with Crippen molar-refractivity contribution < 1.29 is 4.79 Å². The minimum atomic E-state index is -0.114. The fourth-order valence-electron chi connectivity index (χ4n) is 3.06. The van der Waals surface area contributed by atoms with Crippen LogP contribution in [0.25, 0.3) is 0 Å². The molecule has 27 heavy (non-hydrogen) atoms. The molecule has 1 aliphatic carbocycles. The highest BCUT2D eigenvalue weighted by Gasteiger charge is 2.42. The lowest BCUT2D eigenvalue weighted by atomic mass is 10.1. The molecule has 1 saturated carbocycles. The van der Waals surface area contributed by atoms with Crippen molar-refractivity contribution in [1.82, 2.24) is 25.0 Å². The summed E-state index contributed by atoms with van der Waals surface area (Å²) in [7, 11) is 1.97.